The van der Waals surface area contributed by atoms with Crippen LogP contribution >= 0.6 is 0 Å². The topological polar surface area (TPSA) is 85.2 Å². The molecule has 29 heavy (non-hydrogen) atoms. The van der Waals surface area contributed by atoms with Crippen LogP contribution in [0.15, 0.2) is 24.5 Å². The van der Waals surface area contributed by atoms with Gasteiger partial charge in [0.2, 0.25) is 11.9 Å². The smallest absolute Gasteiger partial charge is 0.225 e. The summed E-state index contributed by atoms with van der Waals surface area (Å²) >= 11 is 0. The number of hydrogen-bond acceptors (Lipinski definition) is 6. The molecular formula is C21H30N6O2. The van der Waals surface area contributed by atoms with Crippen molar-refractivity contribution in [2.45, 2.75) is 58.2 Å². The molecule has 3 atom stereocenters. The number of ether oxygens (including phenoxy) is 1. The van der Waals surface area contributed by atoms with Crippen LogP contribution in [-0.4, -0.2) is 57.5 Å². The third kappa shape index (κ3) is 4.27. The monoisotopic (exact) mass is 398 g/mol. The average molecular weight is 399 g/mol. The summed E-state index contributed by atoms with van der Waals surface area (Å²) in [5, 5.41) is 7.62. The van der Waals surface area contributed by atoms with Gasteiger partial charge in [0.05, 0.1) is 18.2 Å². The maximum atomic E-state index is 12.9. The average Bonchev–Trinajstić information content (AvgIpc) is 3.20. The molecule has 0 aromatic carbocycles. The van der Waals surface area contributed by atoms with Gasteiger partial charge in [-0.25, -0.2) is 9.97 Å². The van der Waals surface area contributed by atoms with Crippen LogP contribution in [0.3, 0.4) is 0 Å². The van der Waals surface area contributed by atoms with Crippen LogP contribution in [0.2, 0.25) is 0 Å². The van der Waals surface area contributed by atoms with Crippen LogP contribution in [0.1, 0.15) is 43.6 Å². The lowest BCUT2D eigenvalue weighted by Gasteiger charge is -2.45. The summed E-state index contributed by atoms with van der Waals surface area (Å²) in [5.74, 6) is 0.948. The molecule has 2 aromatic heterocycles. The molecule has 0 radical (unpaired) electrons. The number of rotatable bonds is 6. The molecule has 1 N–H and O–H groups in total. The Balaban J connectivity index is 1.33. The molecule has 0 spiro atoms. The Labute approximate surface area is 171 Å². The van der Waals surface area contributed by atoms with Crippen LogP contribution in [0.4, 0.5) is 5.95 Å². The first kappa shape index (κ1) is 19.8. The highest BCUT2D eigenvalue weighted by Crippen LogP contribution is 2.35. The van der Waals surface area contributed by atoms with E-state index in [-0.39, 0.29) is 30.0 Å². The third-order valence-corrected chi connectivity index (χ3v) is 5.94. The molecule has 156 valence electrons. The second-order valence-corrected chi connectivity index (χ2v) is 8.03. The van der Waals surface area contributed by atoms with Crippen LogP contribution in [-0.2, 0) is 9.53 Å². The number of hydrogen-bond donors (Lipinski definition) is 1. The minimum atomic E-state index is 0.0292. The van der Waals surface area contributed by atoms with E-state index in [0.717, 1.165) is 49.7 Å². The number of carbonyl (C=O) groups is 1. The number of aromatic nitrogens is 4. The van der Waals surface area contributed by atoms with Crippen molar-refractivity contribution in [3.63, 3.8) is 0 Å². The van der Waals surface area contributed by atoms with Crippen molar-refractivity contribution >= 4 is 11.9 Å². The Bertz CT molecular complexity index is 811. The zero-order chi connectivity index (χ0) is 20.4. The molecule has 0 bridgehead atoms. The number of nitrogens with one attached hydrogen (secondary N) is 1. The lowest BCUT2D eigenvalue weighted by molar-refractivity contribution is -0.130. The minimum absolute atomic E-state index is 0.0292. The standard InChI is InChI=1S/C21H30N6O2/c1-4-29-18-13-17(19(18)27-9-5-8-22-27)25-20(28)16-6-10-26(11-7-16)21-23-14(2)12-15(3)24-21/h5,8-9,12,16-19H,4,6-7,10-11,13H2,1-3H3,(H,25,28). The van der Waals surface area contributed by atoms with Crippen molar-refractivity contribution in [3.8, 4) is 0 Å². The van der Waals surface area contributed by atoms with E-state index in [9.17, 15) is 4.79 Å². The highest BCUT2D eigenvalue weighted by atomic mass is 16.5. The predicted molar refractivity (Wildman–Crippen MR) is 110 cm³/mol. The molecule has 1 saturated carbocycles. The molecule has 1 saturated heterocycles. The largest absolute Gasteiger partial charge is 0.376 e. The van der Waals surface area contributed by atoms with E-state index in [1.807, 2.05) is 43.8 Å². The van der Waals surface area contributed by atoms with Crippen molar-refractivity contribution in [3.05, 3.63) is 35.9 Å². The first-order chi connectivity index (χ1) is 14.0. The van der Waals surface area contributed by atoms with E-state index >= 15 is 0 Å². The van der Waals surface area contributed by atoms with Gasteiger partial charge in [0.1, 0.15) is 0 Å². The fraction of sp³-hybridized carbons (Fsp3) is 0.619. The summed E-state index contributed by atoms with van der Waals surface area (Å²) in [6.45, 7) is 8.25. The lowest BCUT2D eigenvalue weighted by Crippen LogP contribution is -2.58. The summed E-state index contributed by atoms with van der Waals surface area (Å²) < 4.78 is 7.73. The van der Waals surface area contributed by atoms with Crippen molar-refractivity contribution in [2.75, 3.05) is 24.6 Å². The highest BCUT2D eigenvalue weighted by molar-refractivity contribution is 5.79. The quantitative estimate of drug-likeness (QED) is 0.802. The van der Waals surface area contributed by atoms with Gasteiger partial charge in [-0.15, -0.1) is 0 Å². The van der Waals surface area contributed by atoms with Gasteiger partial charge in [0, 0.05) is 49.4 Å². The highest BCUT2D eigenvalue weighted by Gasteiger charge is 2.45. The fourth-order valence-corrected chi connectivity index (χ4v) is 4.42. The van der Waals surface area contributed by atoms with Gasteiger partial charge >= 0.3 is 0 Å². The van der Waals surface area contributed by atoms with Crippen LogP contribution < -0.4 is 10.2 Å². The Hall–Kier alpha value is -2.48. The minimum Gasteiger partial charge on any atom is -0.376 e. The first-order valence-corrected chi connectivity index (χ1v) is 10.5. The molecule has 3 unspecified atom stereocenters. The van der Waals surface area contributed by atoms with Crippen molar-refractivity contribution in [1.29, 1.82) is 0 Å². The molecule has 8 nitrogen and oxygen atoms in total. The summed E-state index contributed by atoms with van der Waals surface area (Å²) in [6, 6.07) is 4.02. The molecule has 2 aromatic rings. The zero-order valence-corrected chi connectivity index (χ0v) is 17.4. The normalized spacial score (nSPS) is 24.9. The van der Waals surface area contributed by atoms with Gasteiger partial charge in [0.15, 0.2) is 0 Å². The van der Waals surface area contributed by atoms with E-state index in [0.29, 0.717) is 6.61 Å². The van der Waals surface area contributed by atoms with Gasteiger partial charge in [0.25, 0.3) is 0 Å². The second-order valence-electron chi connectivity index (χ2n) is 8.03. The maximum absolute atomic E-state index is 12.9. The lowest BCUT2D eigenvalue weighted by atomic mass is 9.82. The Morgan fingerprint density at radius 1 is 1.24 bits per heavy atom. The predicted octanol–water partition coefficient (Wildman–Crippen LogP) is 2.04. The number of carbonyl (C=O) groups excluding carboxylic acids is 1. The van der Waals surface area contributed by atoms with E-state index in [4.69, 9.17) is 4.74 Å². The zero-order valence-electron chi connectivity index (χ0n) is 17.4. The molecule has 1 aliphatic heterocycles. The van der Waals surface area contributed by atoms with Crippen molar-refractivity contribution in [2.24, 2.45) is 5.92 Å². The van der Waals surface area contributed by atoms with Gasteiger partial charge in [-0.2, -0.15) is 5.10 Å². The molecule has 3 heterocycles. The third-order valence-electron chi connectivity index (χ3n) is 5.94. The molecule has 8 heteroatoms. The van der Waals surface area contributed by atoms with E-state index in [1.165, 1.54) is 0 Å². The molecule has 2 aliphatic rings. The Morgan fingerprint density at radius 3 is 2.59 bits per heavy atom. The molecule has 4 rings (SSSR count). The number of amides is 1. The van der Waals surface area contributed by atoms with Crippen molar-refractivity contribution < 1.29 is 9.53 Å². The molecule has 1 aliphatic carbocycles. The van der Waals surface area contributed by atoms with Crippen LogP contribution in [0, 0.1) is 19.8 Å². The summed E-state index contributed by atoms with van der Waals surface area (Å²) in [6.07, 6.45) is 6.28. The number of nitrogens with zero attached hydrogens (tertiary/aromatic N) is 5. The maximum Gasteiger partial charge on any atom is 0.225 e. The number of anilines is 1. The van der Waals surface area contributed by atoms with Crippen molar-refractivity contribution in [1.82, 2.24) is 25.1 Å². The van der Waals surface area contributed by atoms with Gasteiger partial charge < -0.3 is 15.0 Å². The summed E-state index contributed by atoms with van der Waals surface area (Å²) in [4.78, 5) is 24.2. The van der Waals surface area contributed by atoms with Gasteiger partial charge in [-0.05, 0) is 52.2 Å². The van der Waals surface area contributed by atoms with Gasteiger partial charge in [-0.1, -0.05) is 0 Å². The summed E-state index contributed by atoms with van der Waals surface area (Å²) in [7, 11) is 0. The van der Waals surface area contributed by atoms with E-state index in [2.05, 4.69) is 25.3 Å². The molecular weight excluding hydrogens is 368 g/mol. The number of aryl methyl sites for hydroxylation is 2. The number of piperidine rings is 1. The second kappa shape index (κ2) is 8.49. The molecule has 2 fully saturated rings. The SMILES string of the molecule is CCOC1CC(NC(=O)C2CCN(c3nc(C)cc(C)n3)CC2)C1n1cccn1. The van der Waals surface area contributed by atoms with Crippen LogP contribution in [0.5, 0.6) is 0 Å². The van der Waals surface area contributed by atoms with E-state index in [1.54, 1.807) is 6.20 Å². The Morgan fingerprint density at radius 2 is 1.97 bits per heavy atom. The van der Waals surface area contributed by atoms with E-state index < -0.39 is 0 Å². The van der Waals surface area contributed by atoms with Crippen LogP contribution in [0.25, 0.3) is 0 Å². The Kier molecular flexibility index (Phi) is 5.80. The fourth-order valence-electron chi connectivity index (χ4n) is 4.42. The molecule has 1 amide bonds. The van der Waals surface area contributed by atoms with Gasteiger partial charge in [-0.3, -0.25) is 9.48 Å². The first-order valence-electron chi connectivity index (χ1n) is 10.5. The summed E-state index contributed by atoms with van der Waals surface area (Å²) in [5.41, 5.74) is 1.96.